The van der Waals surface area contributed by atoms with Crippen LogP contribution in [0.2, 0.25) is 0 Å². The molecule has 0 aromatic carbocycles. The van der Waals surface area contributed by atoms with Crippen LogP contribution >= 0.6 is 0 Å². The third-order valence-corrected chi connectivity index (χ3v) is 2.59. The molecule has 2 rings (SSSR count). The van der Waals surface area contributed by atoms with Crippen LogP contribution in [0.4, 0.5) is 5.69 Å². The van der Waals surface area contributed by atoms with E-state index in [4.69, 9.17) is 5.73 Å². The minimum atomic E-state index is 0.597. The number of hydrogen-bond acceptors (Lipinski definition) is 3. The first kappa shape index (κ1) is 10.9. The maximum absolute atomic E-state index is 5.71. The molecular formula is C12H18N4. The molecule has 16 heavy (non-hydrogen) atoms. The van der Waals surface area contributed by atoms with E-state index in [-0.39, 0.29) is 0 Å². The summed E-state index contributed by atoms with van der Waals surface area (Å²) in [6.45, 7) is 7.40. The monoisotopic (exact) mass is 218 g/mol. The average molecular weight is 218 g/mol. The Morgan fingerprint density at radius 1 is 1.44 bits per heavy atom. The second-order valence-electron chi connectivity index (χ2n) is 4.48. The van der Waals surface area contributed by atoms with Crippen molar-refractivity contribution >= 4 is 16.9 Å². The van der Waals surface area contributed by atoms with Gasteiger partial charge in [0.25, 0.3) is 0 Å². The summed E-state index contributed by atoms with van der Waals surface area (Å²) in [7, 11) is 0. The van der Waals surface area contributed by atoms with E-state index in [1.165, 1.54) is 0 Å². The standard InChI is InChI=1S/C12H18N4/c1-4-16-11(5-8(2)3)15-10-6-9(13)7-14-12(10)16/h6-8H,4-5,13H2,1-3H3. The van der Waals surface area contributed by atoms with Gasteiger partial charge in [-0.1, -0.05) is 13.8 Å². The molecule has 0 aliphatic heterocycles. The highest BCUT2D eigenvalue weighted by Crippen LogP contribution is 2.18. The first-order valence-electron chi connectivity index (χ1n) is 5.72. The molecule has 0 saturated carbocycles. The third-order valence-electron chi connectivity index (χ3n) is 2.59. The molecule has 2 heterocycles. The van der Waals surface area contributed by atoms with Crippen LogP contribution in [0.15, 0.2) is 12.3 Å². The fourth-order valence-corrected chi connectivity index (χ4v) is 1.93. The lowest BCUT2D eigenvalue weighted by Gasteiger charge is -2.06. The van der Waals surface area contributed by atoms with Crippen molar-refractivity contribution in [2.45, 2.75) is 33.7 Å². The van der Waals surface area contributed by atoms with Gasteiger partial charge in [-0.05, 0) is 18.9 Å². The molecule has 2 aromatic heterocycles. The van der Waals surface area contributed by atoms with E-state index in [9.17, 15) is 0 Å². The van der Waals surface area contributed by atoms with E-state index >= 15 is 0 Å². The van der Waals surface area contributed by atoms with Gasteiger partial charge in [0, 0.05) is 13.0 Å². The summed E-state index contributed by atoms with van der Waals surface area (Å²) in [6, 6.07) is 1.89. The van der Waals surface area contributed by atoms with Crippen molar-refractivity contribution in [1.29, 1.82) is 0 Å². The van der Waals surface area contributed by atoms with Crippen molar-refractivity contribution in [3.63, 3.8) is 0 Å². The molecule has 0 spiro atoms. The normalized spacial score (nSPS) is 11.5. The topological polar surface area (TPSA) is 56.7 Å². The first-order valence-corrected chi connectivity index (χ1v) is 5.72. The zero-order valence-electron chi connectivity index (χ0n) is 10.1. The van der Waals surface area contributed by atoms with E-state index in [2.05, 4.69) is 35.3 Å². The van der Waals surface area contributed by atoms with Gasteiger partial charge in [0.1, 0.15) is 11.3 Å². The van der Waals surface area contributed by atoms with Gasteiger partial charge in [-0.15, -0.1) is 0 Å². The molecule has 0 amide bonds. The lowest BCUT2D eigenvalue weighted by molar-refractivity contribution is 0.588. The van der Waals surface area contributed by atoms with Gasteiger partial charge in [0.05, 0.1) is 11.9 Å². The van der Waals surface area contributed by atoms with Gasteiger partial charge in [-0.25, -0.2) is 9.97 Å². The van der Waals surface area contributed by atoms with Crippen LogP contribution in [0.25, 0.3) is 11.2 Å². The molecule has 0 aliphatic carbocycles. The smallest absolute Gasteiger partial charge is 0.160 e. The van der Waals surface area contributed by atoms with E-state index in [1.807, 2.05) is 6.07 Å². The maximum Gasteiger partial charge on any atom is 0.160 e. The highest BCUT2D eigenvalue weighted by molar-refractivity contribution is 5.74. The molecule has 0 saturated heterocycles. The van der Waals surface area contributed by atoms with Gasteiger partial charge in [0.2, 0.25) is 0 Å². The molecule has 2 aromatic rings. The maximum atomic E-state index is 5.71. The van der Waals surface area contributed by atoms with Crippen molar-refractivity contribution in [1.82, 2.24) is 14.5 Å². The molecule has 2 N–H and O–H groups in total. The van der Waals surface area contributed by atoms with Crippen molar-refractivity contribution in [3.8, 4) is 0 Å². The number of aromatic nitrogens is 3. The number of nitrogen functional groups attached to an aromatic ring is 1. The number of pyridine rings is 1. The van der Waals surface area contributed by atoms with Crippen LogP contribution < -0.4 is 5.73 Å². The summed E-state index contributed by atoms with van der Waals surface area (Å²) in [5.41, 5.74) is 8.22. The minimum Gasteiger partial charge on any atom is -0.397 e. The summed E-state index contributed by atoms with van der Waals surface area (Å²) in [5, 5.41) is 0. The molecule has 4 heteroatoms. The molecule has 0 unspecified atom stereocenters. The van der Waals surface area contributed by atoms with E-state index in [0.717, 1.165) is 30.0 Å². The number of imidazole rings is 1. The first-order chi connectivity index (χ1) is 7.61. The molecule has 0 fully saturated rings. The Morgan fingerprint density at radius 3 is 2.81 bits per heavy atom. The number of fused-ring (bicyclic) bond motifs is 1. The van der Waals surface area contributed by atoms with Gasteiger partial charge in [0.15, 0.2) is 5.65 Å². The average Bonchev–Trinajstić information content (AvgIpc) is 2.52. The van der Waals surface area contributed by atoms with Gasteiger partial charge in [-0.3, -0.25) is 0 Å². The molecule has 0 bridgehead atoms. The number of aryl methyl sites for hydroxylation is 1. The highest BCUT2D eigenvalue weighted by atomic mass is 15.1. The molecule has 86 valence electrons. The third kappa shape index (κ3) is 1.87. The predicted octanol–water partition coefficient (Wildman–Crippen LogP) is 2.23. The Kier molecular flexibility index (Phi) is 2.81. The van der Waals surface area contributed by atoms with Gasteiger partial charge in [-0.2, -0.15) is 0 Å². The quantitative estimate of drug-likeness (QED) is 0.859. The van der Waals surface area contributed by atoms with Gasteiger partial charge >= 0.3 is 0 Å². The molecular weight excluding hydrogens is 200 g/mol. The lowest BCUT2D eigenvalue weighted by atomic mass is 10.1. The highest BCUT2D eigenvalue weighted by Gasteiger charge is 2.11. The van der Waals surface area contributed by atoms with E-state index in [0.29, 0.717) is 11.6 Å². The number of nitrogens with two attached hydrogens (primary N) is 1. The lowest BCUT2D eigenvalue weighted by Crippen LogP contribution is -2.05. The molecule has 0 aliphatic rings. The van der Waals surface area contributed by atoms with Crippen LogP contribution in [-0.4, -0.2) is 14.5 Å². The fourth-order valence-electron chi connectivity index (χ4n) is 1.93. The summed E-state index contributed by atoms with van der Waals surface area (Å²) < 4.78 is 2.16. The predicted molar refractivity (Wildman–Crippen MR) is 66.2 cm³/mol. The summed E-state index contributed by atoms with van der Waals surface area (Å²) >= 11 is 0. The second-order valence-corrected chi connectivity index (χ2v) is 4.48. The largest absolute Gasteiger partial charge is 0.397 e. The number of hydrogen-bond donors (Lipinski definition) is 1. The minimum absolute atomic E-state index is 0.597. The van der Waals surface area contributed by atoms with Crippen LogP contribution in [0.1, 0.15) is 26.6 Å². The van der Waals surface area contributed by atoms with Crippen LogP contribution in [0, 0.1) is 5.92 Å². The van der Waals surface area contributed by atoms with E-state index < -0.39 is 0 Å². The molecule has 4 nitrogen and oxygen atoms in total. The Bertz CT molecular complexity index is 499. The van der Waals surface area contributed by atoms with Gasteiger partial charge < -0.3 is 10.3 Å². The zero-order chi connectivity index (χ0) is 11.7. The van der Waals surface area contributed by atoms with Crippen molar-refractivity contribution in [2.75, 3.05) is 5.73 Å². The molecule has 0 radical (unpaired) electrons. The second kappa shape index (κ2) is 4.12. The number of anilines is 1. The van der Waals surface area contributed by atoms with E-state index in [1.54, 1.807) is 6.20 Å². The Balaban J connectivity index is 2.56. The zero-order valence-corrected chi connectivity index (χ0v) is 10.1. The fraction of sp³-hybridized carbons (Fsp3) is 0.500. The Labute approximate surface area is 95.5 Å². The SMILES string of the molecule is CCn1c(CC(C)C)nc2cc(N)cnc21. The van der Waals surface area contributed by atoms with Crippen molar-refractivity contribution in [2.24, 2.45) is 5.92 Å². The van der Waals surface area contributed by atoms with Crippen molar-refractivity contribution in [3.05, 3.63) is 18.1 Å². The molecule has 0 atom stereocenters. The summed E-state index contributed by atoms with van der Waals surface area (Å²) in [6.07, 6.45) is 2.67. The van der Waals surface area contributed by atoms with Crippen LogP contribution in [0.3, 0.4) is 0 Å². The summed E-state index contributed by atoms with van der Waals surface area (Å²) in [4.78, 5) is 8.96. The number of rotatable bonds is 3. The Morgan fingerprint density at radius 2 is 2.19 bits per heavy atom. The summed E-state index contributed by atoms with van der Waals surface area (Å²) in [5.74, 6) is 1.70. The van der Waals surface area contributed by atoms with Crippen LogP contribution in [0.5, 0.6) is 0 Å². The van der Waals surface area contributed by atoms with Crippen LogP contribution in [-0.2, 0) is 13.0 Å². The Hall–Kier alpha value is -1.58. The number of nitrogens with zero attached hydrogens (tertiary/aromatic N) is 3. The van der Waals surface area contributed by atoms with Crippen molar-refractivity contribution < 1.29 is 0 Å².